The van der Waals surface area contributed by atoms with Gasteiger partial charge in [0.2, 0.25) is 0 Å². The number of hydrogen-bond acceptors (Lipinski definition) is 4. The molecule has 2 aromatic rings. The van der Waals surface area contributed by atoms with Crippen molar-refractivity contribution >= 4 is 39.1 Å². The summed E-state index contributed by atoms with van der Waals surface area (Å²) in [5, 5.41) is 9.48. The molecule has 0 saturated carbocycles. The summed E-state index contributed by atoms with van der Waals surface area (Å²) in [6.07, 6.45) is 0. The monoisotopic (exact) mass is 410 g/mol. The fourth-order valence-corrected chi connectivity index (χ4v) is 3.24. The van der Waals surface area contributed by atoms with Gasteiger partial charge in [-0.2, -0.15) is 5.26 Å². The van der Waals surface area contributed by atoms with E-state index in [4.69, 9.17) is 4.74 Å². The fraction of sp³-hybridized carbons (Fsp3) is 0.150. The Morgan fingerprint density at radius 3 is 2.62 bits per heavy atom. The van der Waals surface area contributed by atoms with Gasteiger partial charge in [-0.25, -0.2) is 4.79 Å². The maximum absolute atomic E-state index is 13.1. The molecule has 1 aliphatic rings. The summed E-state index contributed by atoms with van der Waals surface area (Å²) in [6, 6.07) is 16.7. The highest BCUT2D eigenvalue weighted by Crippen LogP contribution is 2.41. The summed E-state index contributed by atoms with van der Waals surface area (Å²) in [5.74, 6) is -1.17. The van der Waals surface area contributed by atoms with Gasteiger partial charge in [0.25, 0.3) is 5.91 Å². The number of halogens is 1. The molecule has 0 aliphatic carbocycles. The van der Waals surface area contributed by atoms with Gasteiger partial charge in [0.15, 0.2) is 5.57 Å². The van der Waals surface area contributed by atoms with Gasteiger partial charge in [-0.05, 0) is 30.7 Å². The minimum absolute atomic E-state index is 0.0816. The Bertz CT molecular complexity index is 945. The second kappa shape index (κ2) is 7.54. The van der Waals surface area contributed by atoms with Gasteiger partial charge in [-0.15, -0.1) is 0 Å². The zero-order valence-corrected chi connectivity index (χ0v) is 15.6. The minimum Gasteiger partial charge on any atom is -0.462 e. The van der Waals surface area contributed by atoms with E-state index in [0.29, 0.717) is 17.8 Å². The SMILES string of the molecule is CCOC(=O)/C(C#N)=C1\C(=O)N(Cc2ccccc2)c2ccc(Br)cc21. The second-order valence-corrected chi connectivity index (χ2v) is 6.54. The molecule has 0 atom stereocenters. The second-order valence-electron chi connectivity index (χ2n) is 5.62. The standard InChI is InChI=1S/C20H15BrN2O3/c1-2-26-20(25)16(11-22)18-15-10-14(21)8-9-17(15)23(19(18)24)12-13-6-4-3-5-7-13/h3-10H,2,12H2,1H3/b18-16-. The van der Waals surface area contributed by atoms with Gasteiger partial charge in [0.1, 0.15) is 6.07 Å². The van der Waals surface area contributed by atoms with Crippen LogP contribution in [0.1, 0.15) is 18.1 Å². The van der Waals surface area contributed by atoms with Crippen LogP contribution in [0.15, 0.2) is 58.6 Å². The molecular weight excluding hydrogens is 396 g/mol. The fourth-order valence-electron chi connectivity index (χ4n) is 2.87. The van der Waals surface area contributed by atoms with Crippen molar-refractivity contribution in [3.05, 3.63) is 69.7 Å². The molecule has 0 aromatic heterocycles. The molecule has 0 spiro atoms. The molecule has 2 aromatic carbocycles. The molecule has 3 rings (SSSR count). The van der Waals surface area contributed by atoms with Gasteiger partial charge in [-0.1, -0.05) is 46.3 Å². The molecule has 130 valence electrons. The zero-order chi connectivity index (χ0) is 18.7. The first-order valence-electron chi connectivity index (χ1n) is 8.04. The first kappa shape index (κ1) is 17.9. The van der Waals surface area contributed by atoms with Gasteiger partial charge in [-0.3, -0.25) is 4.79 Å². The number of esters is 1. The van der Waals surface area contributed by atoms with Crippen LogP contribution in [0, 0.1) is 11.3 Å². The van der Waals surface area contributed by atoms with Crippen molar-refractivity contribution in [1.82, 2.24) is 0 Å². The van der Waals surface area contributed by atoms with E-state index in [0.717, 1.165) is 10.0 Å². The maximum Gasteiger partial charge on any atom is 0.349 e. The molecule has 0 N–H and O–H groups in total. The Morgan fingerprint density at radius 2 is 1.96 bits per heavy atom. The molecule has 0 saturated heterocycles. The van der Waals surface area contributed by atoms with Crippen LogP contribution in [-0.2, 0) is 20.9 Å². The average Bonchev–Trinajstić information content (AvgIpc) is 2.89. The van der Waals surface area contributed by atoms with Crippen LogP contribution >= 0.6 is 15.9 Å². The van der Waals surface area contributed by atoms with E-state index in [2.05, 4.69) is 15.9 Å². The first-order chi connectivity index (χ1) is 12.6. The summed E-state index contributed by atoms with van der Waals surface area (Å²) < 4.78 is 5.71. The lowest BCUT2D eigenvalue weighted by molar-refractivity contribution is -0.138. The third-order valence-electron chi connectivity index (χ3n) is 4.00. The highest BCUT2D eigenvalue weighted by Gasteiger charge is 2.37. The summed E-state index contributed by atoms with van der Waals surface area (Å²) in [7, 11) is 0. The predicted molar refractivity (Wildman–Crippen MR) is 101 cm³/mol. The Kier molecular flexibility index (Phi) is 5.19. The van der Waals surface area contributed by atoms with Gasteiger partial charge >= 0.3 is 5.97 Å². The number of carbonyl (C=O) groups is 2. The molecule has 0 bridgehead atoms. The largest absolute Gasteiger partial charge is 0.462 e. The quantitative estimate of drug-likeness (QED) is 0.436. The molecule has 5 nitrogen and oxygen atoms in total. The smallest absolute Gasteiger partial charge is 0.349 e. The lowest BCUT2D eigenvalue weighted by atomic mass is 10.0. The molecule has 6 heteroatoms. The molecule has 0 radical (unpaired) electrons. The topological polar surface area (TPSA) is 70.4 Å². The van der Waals surface area contributed by atoms with E-state index < -0.39 is 5.97 Å². The zero-order valence-electron chi connectivity index (χ0n) is 14.0. The van der Waals surface area contributed by atoms with Crippen LogP contribution in [0.25, 0.3) is 5.57 Å². The van der Waals surface area contributed by atoms with Crippen molar-refractivity contribution in [3.8, 4) is 6.07 Å². The molecule has 0 unspecified atom stereocenters. The summed E-state index contributed by atoms with van der Waals surface area (Å²) in [4.78, 5) is 26.8. The summed E-state index contributed by atoms with van der Waals surface area (Å²) in [6.45, 7) is 2.13. The molecule has 1 aliphatic heterocycles. The molecule has 1 amide bonds. The molecular formula is C20H15BrN2O3. The van der Waals surface area contributed by atoms with E-state index >= 15 is 0 Å². The van der Waals surface area contributed by atoms with Crippen LogP contribution in [0.2, 0.25) is 0 Å². The van der Waals surface area contributed by atoms with Crippen LogP contribution in [0.3, 0.4) is 0 Å². The first-order valence-corrected chi connectivity index (χ1v) is 8.83. The number of amides is 1. The number of nitrogens with zero attached hydrogens (tertiary/aromatic N) is 2. The van der Waals surface area contributed by atoms with E-state index in [-0.39, 0.29) is 23.7 Å². The number of fused-ring (bicyclic) bond motifs is 1. The number of nitriles is 1. The van der Waals surface area contributed by atoms with E-state index in [1.54, 1.807) is 24.0 Å². The number of rotatable bonds is 4. The Morgan fingerprint density at radius 1 is 1.23 bits per heavy atom. The average molecular weight is 411 g/mol. The molecule has 0 fully saturated rings. The van der Waals surface area contributed by atoms with Crippen LogP contribution < -0.4 is 4.90 Å². The van der Waals surface area contributed by atoms with Gasteiger partial charge in [0, 0.05) is 10.0 Å². The van der Waals surface area contributed by atoms with Crippen LogP contribution in [-0.4, -0.2) is 18.5 Å². The molecule has 1 heterocycles. The van der Waals surface area contributed by atoms with Crippen LogP contribution in [0.4, 0.5) is 5.69 Å². The Labute approximate surface area is 159 Å². The van der Waals surface area contributed by atoms with Crippen molar-refractivity contribution < 1.29 is 14.3 Å². The Balaban J connectivity index is 2.14. The van der Waals surface area contributed by atoms with E-state index in [1.807, 2.05) is 42.5 Å². The van der Waals surface area contributed by atoms with Crippen molar-refractivity contribution in [2.75, 3.05) is 11.5 Å². The van der Waals surface area contributed by atoms with Gasteiger partial charge < -0.3 is 9.64 Å². The van der Waals surface area contributed by atoms with Crippen molar-refractivity contribution in [2.24, 2.45) is 0 Å². The van der Waals surface area contributed by atoms with Gasteiger partial charge in [0.05, 0.1) is 24.4 Å². The lowest BCUT2D eigenvalue weighted by Crippen LogP contribution is -2.26. The minimum atomic E-state index is -0.786. The number of anilines is 1. The third-order valence-corrected chi connectivity index (χ3v) is 4.50. The number of hydrogen-bond donors (Lipinski definition) is 0. The third kappa shape index (κ3) is 3.26. The van der Waals surface area contributed by atoms with E-state index in [1.165, 1.54) is 0 Å². The Hall–Kier alpha value is -2.91. The number of benzene rings is 2. The maximum atomic E-state index is 13.1. The van der Waals surface area contributed by atoms with E-state index in [9.17, 15) is 14.9 Å². The summed E-state index contributed by atoms with van der Waals surface area (Å²) >= 11 is 3.39. The van der Waals surface area contributed by atoms with Crippen molar-refractivity contribution in [1.29, 1.82) is 5.26 Å². The normalized spacial score (nSPS) is 14.7. The van der Waals surface area contributed by atoms with Crippen molar-refractivity contribution in [2.45, 2.75) is 13.5 Å². The van der Waals surface area contributed by atoms with Crippen molar-refractivity contribution in [3.63, 3.8) is 0 Å². The summed E-state index contributed by atoms with van der Waals surface area (Å²) in [5.41, 5.74) is 1.97. The molecule has 26 heavy (non-hydrogen) atoms. The number of ether oxygens (including phenoxy) is 1. The highest BCUT2D eigenvalue weighted by atomic mass is 79.9. The number of carbonyl (C=O) groups excluding carboxylic acids is 2. The van der Waals surface area contributed by atoms with Crippen LogP contribution in [0.5, 0.6) is 0 Å². The predicted octanol–water partition coefficient (Wildman–Crippen LogP) is 3.84. The lowest BCUT2D eigenvalue weighted by Gasteiger charge is -2.17. The highest BCUT2D eigenvalue weighted by molar-refractivity contribution is 9.10.